The number of esters is 1. The van der Waals surface area contributed by atoms with Crippen molar-refractivity contribution in [2.75, 3.05) is 19.7 Å². The molecule has 18 heavy (non-hydrogen) atoms. The molecule has 1 atom stereocenters. The van der Waals surface area contributed by atoms with E-state index in [9.17, 15) is 4.79 Å². The zero-order chi connectivity index (χ0) is 14.1. The molecule has 1 unspecified atom stereocenters. The molecule has 0 fully saturated rings. The Balaban J connectivity index is 4.58. The lowest BCUT2D eigenvalue weighted by atomic mass is 10.2. The van der Waals surface area contributed by atoms with Gasteiger partial charge in [-0.25, -0.2) is 0 Å². The molecular weight excluding hydrogens is 228 g/mol. The Kier molecular flexibility index (Phi) is 9.02. The molecule has 108 valence electrons. The molecule has 4 heteroatoms. The number of ether oxygens (including phenoxy) is 1. The highest BCUT2D eigenvalue weighted by atomic mass is 16.5. The molecule has 0 saturated heterocycles. The quantitative estimate of drug-likeness (QED) is 0.643. The Hall–Kier alpha value is -0.610. The number of hydrogen-bond acceptors (Lipinski definition) is 4. The molecule has 0 aromatic carbocycles. The fourth-order valence-electron chi connectivity index (χ4n) is 1.92. The molecule has 1 N–H and O–H groups in total. The van der Waals surface area contributed by atoms with Crippen molar-refractivity contribution in [1.82, 2.24) is 10.2 Å². The van der Waals surface area contributed by atoms with Crippen molar-refractivity contribution in [2.45, 2.75) is 66.1 Å². The minimum Gasteiger partial charge on any atom is -0.465 e. The van der Waals surface area contributed by atoms with Gasteiger partial charge in [-0.05, 0) is 33.7 Å². The van der Waals surface area contributed by atoms with Crippen molar-refractivity contribution in [3.05, 3.63) is 0 Å². The molecule has 0 aliphatic heterocycles. The van der Waals surface area contributed by atoms with Crippen molar-refractivity contribution in [1.29, 1.82) is 0 Å². The highest BCUT2D eigenvalue weighted by molar-refractivity contribution is 5.76. The van der Waals surface area contributed by atoms with E-state index in [0.717, 1.165) is 13.0 Å². The first kappa shape index (κ1) is 17.4. The number of rotatable bonds is 9. The van der Waals surface area contributed by atoms with E-state index in [1.165, 1.54) is 0 Å². The average molecular weight is 258 g/mol. The molecule has 0 aromatic rings. The van der Waals surface area contributed by atoms with Gasteiger partial charge in [0.05, 0.1) is 6.61 Å². The molecular formula is C14H30N2O2. The third-order valence-electron chi connectivity index (χ3n) is 2.76. The maximum Gasteiger partial charge on any atom is 0.324 e. The summed E-state index contributed by atoms with van der Waals surface area (Å²) in [4.78, 5) is 14.2. The molecule has 0 saturated carbocycles. The summed E-state index contributed by atoms with van der Waals surface area (Å²) in [5.74, 6) is -0.145. The van der Waals surface area contributed by atoms with Crippen LogP contribution in [0.1, 0.15) is 48.0 Å². The van der Waals surface area contributed by atoms with Crippen molar-refractivity contribution in [2.24, 2.45) is 0 Å². The standard InChI is InChI=1S/C14H30N2O2/c1-7-9-16(12(5)6)10-13(15-11(3)4)14(17)18-8-2/h11-13,15H,7-10H2,1-6H3. The molecule has 0 aromatic heterocycles. The smallest absolute Gasteiger partial charge is 0.324 e. The lowest BCUT2D eigenvalue weighted by Crippen LogP contribution is -2.51. The maximum absolute atomic E-state index is 11.9. The van der Waals surface area contributed by atoms with Gasteiger partial charge in [0.1, 0.15) is 6.04 Å². The molecule has 0 amide bonds. The van der Waals surface area contributed by atoms with Crippen molar-refractivity contribution >= 4 is 5.97 Å². The Bertz CT molecular complexity index is 230. The summed E-state index contributed by atoms with van der Waals surface area (Å²) >= 11 is 0. The van der Waals surface area contributed by atoms with Crippen LogP contribution in [0.3, 0.4) is 0 Å². The molecule has 0 aliphatic carbocycles. The van der Waals surface area contributed by atoms with E-state index in [4.69, 9.17) is 4.74 Å². The van der Waals surface area contributed by atoms with Crippen LogP contribution in [0, 0.1) is 0 Å². The van der Waals surface area contributed by atoms with Crippen LogP contribution in [0.15, 0.2) is 0 Å². The lowest BCUT2D eigenvalue weighted by molar-refractivity contribution is -0.146. The fraction of sp³-hybridized carbons (Fsp3) is 0.929. The van der Waals surface area contributed by atoms with Crippen LogP contribution >= 0.6 is 0 Å². The van der Waals surface area contributed by atoms with Gasteiger partial charge in [-0.15, -0.1) is 0 Å². The minimum absolute atomic E-state index is 0.145. The molecule has 0 heterocycles. The van der Waals surface area contributed by atoms with E-state index in [1.807, 2.05) is 20.8 Å². The van der Waals surface area contributed by atoms with Crippen molar-refractivity contribution in [3.63, 3.8) is 0 Å². The largest absolute Gasteiger partial charge is 0.465 e. The Labute approximate surface area is 112 Å². The Morgan fingerprint density at radius 1 is 1.22 bits per heavy atom. The van der Waals surface area contributed by atoms with Crippen LogP contribution in [0.2, 0.25) is 0 Å². The third-order valence-corrected chi connectivity index (χ3v) is 2.76. The van der Waals surface area contributed by atoms with Gasteiger partial charge in [-0.3, -0.25) is 9.69 Å². The van der Waals surface area contributed by atoms with Crippen LogP contribution in [-0.4, -0.2) is 48.7 Å². The first-order chi connectivity index (χ1) is 8.42. The van der Waals surface area contributed by atoms with E-state index < -0.39 is 0 Å². The van der Waals surface area contributed by atoms with E-state index in [2.05, 4.69) is 31.0 Å². The topological polar surface area (TPSA) is 41.6 Å². The zero-order valence-corrected chi connectivity index (χ0v) is 12.8. The molecule has 0 bridgehead atoms. The van der Waals surface area contributed by atoms with Crippen LogP contribution < -0.4 is 5.32 Å². The molecule has 4 nitrogen and oxygen atoms in total. The number of carbonyl (C=O) groups is 1. The molecule has 0 spiro atoms. The SMILES string of the molecule is CCCN(CC(NC(C)C)C(=O)OCC)C(C)C. The predicted octanol–water partition coefficient (Wildman–Crippen LogP) is 2.04. The van der Waals surface area contributed by atoms with E-state index in [-0.39, 0.29) is 18.1 Å². The van der Waals surface area contributed by atoms with Crippen LogP contribution in [0.5, 0.6) is 0 Å². The van der Waals surface area contributed by atoms with Crippen LogP contribution in [0.4, 0.5) is 0 Å². The number of hydrogen-bond donors (Lipinski definition) is 1. The van der Waals surface area contributed by atoms with Gasteiger partial charge in [0, 0.05) is 18.6 Å². The van der Waals surface area contributed by atoms with Gasteiger partial charge >= 0.3 is 5.97 Å². The molecule has 0 rings (SSSR count). The zero-order valence-electron chi connectivity index (χ0n) is 12.8. The highest BCUT2D eigenvalue weighted by Gasteiger charge is 2.24. The minimum atomic E-state index is -0.237. The second-order valence-electron chi connectivity index (χ2n) is 5.21. The summed E-state index contributed by atoms with van der Waals surface area (Å²) in [5, 5.41) is 3.29. The van der Waals surface area contributed by atoms with Crippen LogP contribution in [-0.2, 0) is 9.53 Å². The fourth-order valence-corrected chi connectivity index (χ4v) is 1.92. The predicted molar refractivity (Wildman–Crippen MR) is 75.7 cm³/mol. The summed E-state index contributed by atoms with van der Waals surface area (Å²) in [6.45, 7) is 14.6. The molecule has 0 radical (unpaired) electrons. The van der Waals surface area contributed by atoms with Crippen molar-refractivity contribution < 1.29 is 9.53 Å². The summed E-state index contributed by atoms with van der Waals surface area (Å²) in [5.41, 5.74) is 0. The molecule has 0 aliphatic rings. The second-order valence-corrected chi connectivity index (χ2v) is 5.21. The highest BCUT2D eigenvalue weighted by Crippen LogP contribution is 2.04. The second kappa shape index (κ2) is 9.34. The number of nitrogens with one attached hydrogen (secondary N) is 1. The first-order valence-corrected chi connectivity index (χ1v) is 7.09. The number of nitrogens with zero attached hydrogens (tertiary/aromatic N) is 1. The lowest BCUT2D eigenvalue weighted by Gasteiger charge is -2.30. The summed E-state index contributed by atoms with van der Waals surface area (Å²) in [6, 6.07) is 0.477. The van der Waals surface area contributed by atoms with E-state index in [0.29, 0.717) is 19.2 Å². The van der Waals surface area contributed by atoms with Crippen molar-refractivity contribution in [3.8, 4) is 0 Å². The first-order valence-electron chi connectivity index (χ1n) is 7.09. The average Bonchev–Trinajstić information content (AvgIpc) is 2.26. The van der Waals surface area contributed by atoms with Crippen LogP contribution in [0.25, 0.3) is 0 Å². The summed E-state index contributed by atoms with van der Waals surface area (Å²) < 4.78 is 5.14. The maximum atomic E-state index is 11.9. The summed E-state index contributed by atoms with van der Waals surface area (Å²) in [7, 11) is 0. The third kappa shape index (κ3) is 6.97. The van der Waals surface area contributed by atoms with Gasteiger partial charge in [0.25, 0.3) is 0 Å². The Morgan fingerprint density at radius 2 is 1.83 bits per heavy atom. The monoisotopic (exact) mass is 258 g/mol. The van der Waals surface area contributed by atoms with E-state index in [1.54, 1.807) is 0 Å². The van der Waals surface area contributed by atoms with E-state index >= 15 is 0 Å². The number of carbonyl (C=O) groups excluding carboxylic acids is 1. The van der Waals surface area contributed by atoms with Gasteiger partial charge in [-0.2, -0.15) is 0 Å². The normalized spacial score (nSPS) is 13.4. The Morgan fingerprint density at radius 3 is 2.22 bits per heavy atom. The summed E-state index contributed by atoms with van der Waals surface area (Å²) in [6.07, 6.45) is 1.09. The van der Waals surface area contributed by atoms with Gasteiger partial charge < -0.3 is 10.1 Å². The van der Waals surface area contributed by atoms with Gasteiger partial charge in [0.2, 0.25) is 0 Å². The van der Waals surface area contributed by atoms with Gasteiger partial charge in [0.15, 0.2) is 0 Å². The van der Waals surface area contributed by atoms with Gasteiger partial charge in [-0.1, -0.05) is 20.8 Å².